The lowest BCUT2D eigenvalue weighted by atomic mass is 9.98. The number of sulfonamides is 1. The number of thioether (sulfide) groups is 1. The molecule has 0 amide bonds. The smallest absolute Gasteiger partial charge is 0.323 e. The molecule has 0 spiro atoms. The van der Waals surface area contributed by atoms with Crippen molar-refractivity contribution in [2.24, 2.45) is 0 Å². The summed E-state index contributed by atoms with van der Waals surface area (Å²) in [4.78, 5) is 12.5. The Kier molecular flexibility index (Phi) is 7.78. The van der Waals surface area contributed by atoms with E-state index >= 15 is 0 Å². The number of hydrogen-bond donors (Lipinski definition) is 1. The third kappa shape index (κ3) is 5.68. The number of carboxylic acid groups (broad SMARTS) is 1. The van der Waals surface area contributed by atoms with Crippen LogP contribution in [0.4, 0.5) is 0 Å². The van der Waals surface area contributed by atoms with Gasteiger partial charge in [0.05, 0.1) is 11.4 Å². The minimum atomic E-state index is -3.50. The Hall–Kier alpha value is -2.49. The van der Waals surface area contributed by atoms with Crippen molar-refractivity contribution in [3.63, 3.8) is 0 Å². The molecule has 1 aromatic carbocycles. The summed E-state index contributed by atoms with van der Waals surface area (Å²) in [6.45, 7) is 8.35. The number of hydrogen-bond acceptors (Lipinski definition) is 5. The number of allylic oxidation sites excluding steroid dienone is 2. The van der Waals surface area contributed by atoms with Gasteiger partial charge in [-0.2, -0.15) is 0 Å². The maximum absolute atomic E-state index is 13.4. The SMILES string of the molecule is C=CCSc1ccc2c(C3CCN(S(=O)(=O)C4C=CC(OC(C)C)=CC4)C3)cn(CC(=O)O)c2c1. The van der Waals surface area contributed by atoms with Gasteiger partial charge in [-0.05, 0) is 56.5 Å². The predicted octanol–water partition coefficient (Wildman–Crippen LogP) is 4.76. The molecule has 4 rings (SSSR count). The fraction of sp³-hybridized carbons (Fsp3) is 0.423. The van der Waals surface area contributed by atoms with Crippen LogP contribution in [-0.4, -0.2) is 58.6 Å². The molecule has 1 saturated heterocycles. The van der Waals surface area contributed by atoms with Gasteiger partial charge < -0.3 is 14.4 Å². The van der Waals surface area contributed by atoms with Gasteiger partial charge in [0.2, 0.25) is 10.0 Å². The summed E-state index contributed by atoms with van der Waals surface area (Å²) in [6, 6.07) is 6.07. The van der Waals surface area contributed by atoms with E-state index in [2.05, 4.69) is 6.58 Å². The Morgan fingerprint density at radius 3 is 2.83 bits per heavy atom. The third-order valence-corrected chi connectivity index (χ3v) is 9.45. The molecule has 1 aromatic heterocycles. The van der Waals surface area contributed by atoms with Gasteiger partial charge in [0.25, 0.3) is 0 Å². The summed E-state index contributed by atoms with van der Waals surface area (Å²) in [5.41, 5.74) is 1.86. The first-order chi connectivity index (χ1) is 16.7. The van der Waals surface area contributed by atoms with Crippen LogP contribution in [0, 0.1) is 0 Å². The highest BCUT2D eigenvalue weighted by molar-refractivity contribution is 7.99. The topological polar surface area (TPSA) is 88.8 Å². The number of aliphatic carboxylic acids is 1. The van der Waals surface area contributed by atoms with E-state index < -0.39 is 21.2 Å². The van der Waals surface area contributed by atoms with Crippen LogP contribution in [0.1, 0.15) is 38.2 Å². The second-order valence-electron chi connectivity index (χ2n) is 9.18. The Balaban J connectivity index is 1.55. The molecule has 1 N–H and O–H groups in total. The fourth-order valence-electron chi connectivity index (χ4n) is 4.71. The molecule has 9 heteroatoms. The van der Waals surface area contributed by atoms with Crippen molar-refractivity contribution in [1.82, 2.24) is 8.87 Å². The first kappa shape index (κ1) is 25.6. The second kappa shape index (κ2) is 10.6. The highest BCUT2D eigenvalue weighted by Crippen LogP contribution is 2.37. The maximum Gasteiger partial charge on any atom is 0.323 e. The number of aromatic nitrogens is 1. The highest BCUT2D eigenvalue weighted by Gasteiger charge is 2.37. The zero-order valence-electron chi connectivity index (χ0n) is 20.1. The molecule has 0 saturated carbocycles. The fourth-order valence-corrected chi connectivity index (χ4v) is 7.13. The standard InChI is InChI=1S/C26H32N2O5S2/c1-4-13-34-21-7-10-23-24(16-27(17-26(29)30)25(23)14-21)19-11-12-28(15-19)35(31,32)22-8-5-20(6-9-22)33-18(2)3/h4-8,10,14,16,18-19,22H,1,9,11-13,15,17H2,2-3H3,(H,29,30). The summed E-state index contributed by atoms with van der Waals surface area (Å²) >= 11 is 1.64. The summed E-state index contributed by atoms with van der Waals surface area (Å²) in [5.74, 6) is 0.578. The molecule has 0 radical (unpaired) electrons. The van der Waals surface area contributed by atoms with Crippen LogP contribution in [0.3, 0.4) is 0 Å². The van der Waals surface area contributed by atoms with Crippen molar-refractivity contribution in [1.29, 1.82) is 0 Å². The van der Waals surface area contributed by atoms with Crippen molar-refractivity contribution in [2.45, 2.75) is 55.4 Å². The van der Waals surface area contributed by atoms with Gasteiger partial charge in [0.15, 0.2) is 0 Å². The van der Waals surface area contributed by atoms with Gasteiger partial charge >= 0.3 is 5.97 Å². The van der Waals surface area contributed by atoms with Crippen LogP contribution in [0.15, 0.2) is 65.9 Å². The van der Waals surface area contributed by atoms with Crippen LogP contribution >= 0.6 is 11.8 Å². The maximum atomic E-state index is 13.4. The van der Waals surface area contributed by atoms with Gasteiger partial charge in [0.1, 0.15) is 12.3 Å². The quantitative estimate of drug-likeness (QED) is 0.362. The van der Waals surface area contributed by atoms with Crippen LogP contribution in [0.5, 0.6) is 0 Å². The molecule has 7 nitrogen and oxygen atoms in total. The molecular weight excluding hydrogens is 484 g/mol. The van der Waals surface area contributed by atoms with Crippen LogP contribution in [0.25, 0.3) is 10.9 Å². The zero-order valence-corrected chi connectivity index (χ0v) is 21.7. The normalized spacial score (nSPS) is 20.9. The molecule has 1 fully saturated rings. The van der Waals surface area contributed by atoms with Crippen molar-refractivity contribution in [3.8, 4) is 0 Å². The second-order valence-corrected chi connectivity index (χ2v) is 12.4. The van der Waals surface area contributed by atoms with E-state index in [0.717, 1.165) is 27.1 Å². The average Bonchev–Trinajstić information content (AvgIpc) is 3.43. The lowest BCUT2D eigenvalue weighted by molar-refractivity contribution is -0.137. The molecule has 2 aromatic rings. The van der Waals surface area contributed by atoms with Crippen molar-refractivity contribution in [2.75, 3.05) is 18.8 Å². The Morgan fingerprint density at radius 2 is 2.17 bits per heavy atom. The van der Waals surface area contributed by atoms with Crippen molar-refractivity contribution in [3.05, 3.63) is 66.6 Å². The molecular formula is C26H32N2O5S2. The summed E-state index contributed by atoms with van der Waals surface area (Å²) in [5, 5.41) is 9.81. The van der Waals surface area contributed by atoms with E-state index in [-0.39, 0.29) is 18.6 Å². The molecule has 188 valence electrons. The van der Waals surface area contributed by atoms with Gasteiger partial charge in [-0.1, -0.05) is 18.2 Å². The first-order valence-corrected chi connectivity index (χ1v) is 14.3. The van der Waals surface area contributed by atoms with E-state index in [9.17, 15) is 18.3 Å². The van der Waals surface area contributed by atoms with Gasteiger partial charge in [0, 0.05) is 46.8 Å². The van der Waals surface area contributed by atoms with Gasteiger partial charge in [-0.3, -0.25) is 4.79 Å². The monoisotopic (exact) mass is 516 g/mol. The summed E-state index contributed by atoms with van der Waals surface area (Å²) in [6.07, 6.45) is 10.2. The lowest BCUT2D eigenvalue weighted by Gasteiger charge is -2.24. The number of carbonyl (C=O) groups is 1. The van der Waals surface area contributed by atoms with Crippen LogP contribution in [0.2, 0.25) is 0 Å². The number of benzene rings is 1. The van der Waals surface area contributed by atoms with Crippen molar-refractivity contribution >= 4 is 38.7 Å². The van der Waals surface area contributed by atoms with Crippen LogP contribution in [-0.2, 0) is 26.1 Å². The van der Waals surface area contributed by atoms with E-state index in [1.807, 2.05) is 50.4 Å². The first-order valence-electron chi connectivity index (χ1n) is 11.8. The van der Waals surface area contributed by atoms with E-state index in [0.29, 0.717) is 31.7 Å². The Bertz CT molecular complexity index is 1280. The molecule has 0 bridgehead atoms. The Morgan fingerprint density at radius 1 is 1.37 bits per heavy atom. The minimum absolute atomic E-state index is 0.0111. The largest absolute Gasteiger partial charge is 0.491 e. The third-order valence-electron chi connectivity index (χ3n) is 6.29. The van der Waals surface area contributed by atoms with E-state index in [1.54, 1.807) is 32.8 Å². The minimum Gasteiger partial charge on any atom is -0.491 e. The van der Waals surface area contributed by atoms with E-state index in [4.69, 9.17) is 4.74 Å². The van der Waals surface area contributed by atoms with Gasteiger partial charge in [-0.15, -0.1) is 18.3 Å². The molecule has 2 atom stereocenters. The number of ether oxygens (including phenoxy) is 1. The zero-order chi connectivity index (χ0) is 25.2. The molecule has 35 heavy (non-hydrogen) atoms. The van der Waals surface area contributed by atoms with E-state index in [1.165, 1.54) is 0 Å². The highest BCUT2D eigenvalue weighted by atomic mass is 32.2. The molecule has 1 aliphatic carbocycles. The van der Waals surface area contributed by atoms with Crippen molar-refractivity contribution < 1.29 is 23.1 Å². The molecule has 1 aliphatic heterocycles. The Labute approximate surface area is 211 Å². The summed E-state index contributed by atoms with van der Waals surface area (Å²) < 4.78 is 35.7. The number of fused-ring (bicyclic) bond motifs is 1. The molecule has 2 heterocycles. The molecule has 2 unspecified atom stereocenters. The number of carboxylic acids is 1. The molecule has 2 aliphatic rings. The average molecular weight is 517 g/mol. The van der Waals surface area contributed by atoms with Gasteiger partial charge in [-0.25, -0.2) is 12.7 Å². The number of nitrogens with zero attached hydrogens (tertiary/aromatic N) is 2. The lowest BCUT2D eigenvalue weighted by Crippen LogP contribution is -2.36. The summed E-state index contributed by atoms with van der Waals surface area (Å²) in [7, 11) is -3.50. The predicted molar refractivity (Wildman–Crippen MR) is 140 cm³/mol. The number of rotatable bonds is 10. The van der Waals surface area contributed by atoms with Crippen LogP contribution < -0.4 is 0 Å².